The Balaban J connectivity index is 2.16. The van der Waals surface area contributed by atoms with Gasteiger partial charge in [0, 0.05) is 6.54 Å². The van der Waals surface area contributed by atoms with Crippen LogP contribution in [0.4, 0.5) is 0 Å². The van der Waals surface area contributed by atoms with Crippen molar-refractivity contribution in [3.8, 4) is 0 Å². The van der Waals surface area contributed by atoms with Crippen molar-refractivity contribution in [2.24, 2.45) is 11.1 Å². The molecule has 4 nitrogen and oxygen atoms in total. The predicted octanol–water partition coefficient (Wildman–Crippen LogP) is 1.02. The Bertz CT molecular complexity index is 187. The summed E-state index contributed by atoms with van der Waals surface area (Å²) in [6.45, 7) is 9.19. The van der Waals surface area contributed by atoms with Crippen molar-refractivity contribution in [3.05, 3.63) is 0 Å². The molecule has 1 aliphatic rings. The number of rotatable bonds is 4. The number of hydrogen-bond acceptors (Lipinski definition) is 4. The summed E-state index contributed by atoms with van der Waals surface area (Å²) < 4.78 is 5.30. The van der Waals surface area contributed by atoms with Crippen LogP contribution in [0.3, 0.4) is 0 Å². The second-order valence-electron chi connectivity index (χ2n) is 3.91. The van der Waals surface area contributed by atoms with Crippen LogP contribution < -0.4 is 5.32 Å². The quantitative estimate of drug-likeness (QED) is 0.544. The molecule has 1 fully saturated rings. The largest absolute Gasteiger partial charge is 0.394 e. The van der Waals surface area contributed by atoms with Gasteiger partial charge in [0.2, 0.25) is 0 Å². The maximum Gasteiger partial charge on any atom is 0.134 e. The Morgan fingerprint density at radius 3 is 3.00 bits per heavy atom. The van der Waals surface area contributed by atoms with E-state index in [1.54, 1.807) is 0 Å². The Labute approximate surface area is 85.6 Å². The van der Waals surface area contributed by atoms with E-state index in [2.05, 4.69) is 24.3 Å². The van der Waals surface area contributed by atoms with Crippen LogP contribution in [0.1, 0.15) is 20.8 Å². The number of morpholine rings is 1. The molecule has 0 aromatic heterocycles. The number of oxime groups is 1. The van der Waals surface area contributed by atoms with Gasteiger partial charge in [-0.2, -0.15) is 0 Å². The van der Waals surface area contributed by atoms with Crippen molar-refractivity contribution in [1.82, 2.24) is 5.32 Å². The van der Waals surface area contributed by atoms with E-state index in [4.69, 9.17) is 9.57 Å². The number of hydrogen-bond donors (Lipinski definition) is 1. The minimum atomic E-state index is 0.285. The summed E-state index contributed by atoms with van der Waals surface area (Å²) in [5.41, 5.74) is 1.03. The van der Waals surface area contributed by atoms with Gasteiger partial charge in [-0.25, -0.2) is 0 Å². The zero-order valence-corrected chi connectivity index (χ0v) is 9.25. The van der Waals surface area contributed by atoms with E-state index in [0.717, 1.165) is 25.5 Å². The molecule has 0 amide bonds. The van der Waals surface area contributed by atoms with Crippen molar-refractivity contribution in [1.29, 1.82) is 0 Å². The summed E-state index contributed by atoms with van der Waals surface area (Å²) in [7, 11) is 0. The standard InChI is InChI=1S/C10H20N2O2/c1-8(2)9(3)12-14-7-10-6-13-5-4-11-10/h8,10-11H,4-7H2,1-3H3/b12-9+/t10-/m0/s1. The maximum absolute atomic E-state index is 5.30. The molecule has 0 aliphatic carbocycles. The number of ether oxygens (including phenoxy) is 1. The van der Waals surface area contributed by atoms with E-state index in [1.165, 1.54) is 0 Å². The normalized spacial score (nSPS) is 24.0. The molecule has 1 saturated heterocycles. The van der Waals surface area contributed by atoms with Crippen LogP contribution >= 0.6 is 0 Å². The first-order valence-electron chi connectivity index (χ1n) is 5.17. The third-order valence-electron chi connectivity index (χ3n) is 2.32. The molecule has 1 rings (SSSR count). The molecule has 0 radical (unpaired) electrons. The summed E-state index contributed by atoms with van der Waals surface area (Å²) in [6.07, 6.45) is 0. The van der Waals surface area contributed by atoms with Crippen molar-refractivity contribution in [3.63, 3.8) is 0 Å². The monoisotopic (exact) mass is 200 g/mol. The zero-order chi connectivity index (χ0) is 10.4. The maximum atomic E-state index is 5.30. The summed E-state index contributed by atoms with van der Waals surface area (Å²) in [6, 6.07) is 0.285. The van der Waals surface area contributed by atoms with E-state index in [1.807, 2.05) is 6.92 Å². The molecule has 1 N–H and O–H groups in total. The molecule has 1 aliphatic heterocycles. The highest BCUT2D eigenvalue weighted by atomic mass is 16.6. The minimum Gasteiger partial charge on any atom is -0.394 e. The van der Waals surface area contributed by atoms with Crippen molar-refractivity contribution >= 4 is 5.71 Å². The van der Waals surface area contributed by atoms with E-state index < -0.39 is 0 Å². The van der Waals surface area contributed by atoms with Crippen LogP contribution in [0.15, 0.2) is 5.16 Å². The lowest BCUT2D eigenvalue weighted by Crippen LogP contribution is -2.43. The molecule has 0 spiro atoms. The van der Waals surface area contributed by atoms with Gasteiger partial charge in [-0.1, -0.05) is 19.0 Å². The van der Waals surface area contributed by atoms with Crippen molar-refractivity contribution in [2.75, 3.05) is 26.4 Å². The van der Waals surface area contributed by atoms with E-state index in [9.17, 15) is 0 Å². The SMILES string of the molecule is C/C(=N\OC[C@@H]1COCCN1)C(C)C. The summed E-state index contributed by atoms with van der Waals surface area (Å²) in [4.78, 5) is 5.24. The van der Waals surface area contributed by atoms with E-state index in [-0.39, 0.29) is 6.04 Å². The summed E-state index contributed by atoms with van der Waals surface area (Å²) >= 11 is 0. The molecule has 1 atom stereocenters. The van der Waals surface area contributed by atoms with Gasteiger partial charge in [0.1, 0.15) is 6.61 Å². The van der Waals surface area contributed by atoms with Crippen LogP contribution in [0.25, 0.3) is 0 Å². The molecule has 0 aromatic carbocycles. The van der Waals surface area contributed by atoms with Crippen LogP contribution in [0.2, 0.25) is 0 Å². The fraction of sp³-hybridized carbons (Fsp3) is 0.900. The average molecular weight is 200 g/mol. The molecular weight excluding hydrogens is 180 g/mol. The van der Waals surface area contributed by atoms with Crippen LogP contribution in [-0.2, 0) is 9.57 Å². The van der Waals surface area contributed by atoms with Crippen LogP contribution in [-0.4, -0.2) is 38.1 Å². The molecule has 0 saturated carbocycles. The molecule has 82 valence electrons. The van der Waals surface area contributed by atoms with Gasteiger partial charge in [-0.05, 0) is 12.8 Å². The number of nitrogens with zero attached hydrogens (tertiary/aromatic N) is 1. The zero-order valence-electron chi connectivity index (χ0n) is 9.25. The topological polar surface area (TPSA) is 42.9 Å². The second-order valence-corrected chi connectivity index (χ2v) is 3.91. The average Bonchev–Trinajstić information content (AvgIpc) is 2.19. The third-order valence-corrected chi connectivity index (χ3v) is 2.32. The minimum absolute atomic E-state index is 0.285. The van der Waals surface area contributed by atoms with Gasteiger partial charge in [0.15, 0.2) is 0 Å². The van der Waals surface area contributed by atoms with Gasteiger partial charge in [-0.15, -0.1) is 0 Å². The Morgan fingerprint density at radius 2 is 2.43 bits per heavy atom. The molecule has 14 heavy (non-hydrogen) atoms. The van der Waals surface area contributed by atoms with Gasteiger partial charge in [0.25, 0.3) is 0 Å². The first-order valence-corrected chi connectivity index (χ1v) is 5.17. The highest BCUT2D eigenvalue weighted by Gasteiger charge is 2.13. The fourth-order valence-corrected chi connectivity index (χ4v) is 1.06. The number of nitrogens with one attached hydrogen (secondary N) is 1. The third kappa shape index (κ3) is 4.07. The van der Waals surface area contributed by atoms with Gasteiger partial charge in [0.05, 0.1) is 25.0 Å². The predicted molar refractivity (Wildman–Crippen MR) is 56.5 cm³/mol. The first-order chi connectivity index (χ1) is 6.70. The lowest BCUT2D eigenvalue weighted by atomic mass is 10.1. The lowest BCUT2D eigenvalue weighted by molar-refractivity contribution is 0.0307. The highest BCUT2D eigenvalue weighted by molar-refractivity contribution is 5.83. The molecular formula is C10H20N2O2. The Hall–Kier alpha value is -0.610. The van der Waals surface area contributed by atoms with Crippen molar-refractivity contribution < 1.29 is 9.57 Å². The molecule has 1 heterocycles. The smallest absolute Gasteiger partial charge is 0.134 e. The second kappa shape index (κ2) is 5.98. The van der Waals surface area contributed by atoms with Crippen LogP contribution in [0.5, 0.6) is 0 Å². The summed E-state index contributed by atoms with van der Waals surface area (Å²) in [5.74, 6) is 0.450. The van der Waals surface area contributed by atoms with Gasteiger partial charge >= 0.3 is 0 Å². The van der Waals surface area contributed by atoms with E-state index >= 15 is 0 Å². The van der Waals surface area contributed by atoms with Gasteiger partial charge in [-0.3, -0.25) is 0 Å². The molecule has 0 aromatic rings. The van der Waals surface area contributed by atoms with Crippen molar-refractivity contribution in [2.45, 2.75) is 26.8 Å². The lowest BCUT2D eigenvalue weighted by Gasteiger charge is -2.22. The van der Waals surface area contributed by atoms with Gasteiger partial charge < -0.3 is 14.9 Å². The van der Waals surface area contributed by atoms with Crippen LogP contribution in [0, 0.1) is 5.92 Å². The Kier molecular flexibility index (Phi) is 4.90. The fourth-order valence-electron chi connectivity index (χ4n) is 1.06. The molecule has 4 heteroatoms. The van der Waals surface area contributed by atoms with E-state index in [0.29, 0.717) is 12.5 Å². The molecule has 0 bridgehead atoms. The first kappa shape index (κ1) is 11.5. The summed E-state index contributed by atoms with van der Waals surface area (Å²) in [5, 5.41) is 7.34. The highest BCUT2D eigenvalue weighted by Crippen LogP contribution is 1.98. The molecule has 0 unspecified atom stereocenters. The Morgan fingerprint density at radius 1 is 1.64 bits per heavy atom.